The van der Waals surface area contributed by atoms with Crippen molar-refractivity contribution < 1.29 is 39.5 Å². The van der Waals surface area contributed by atoms with Gasteiger partial charge >= 0.3 is 18.5 Å². The van der Waals surface area contributed by atoms with Crippen LogP contribution in [0.1, 0.15) is 63.4 Å². The second-order valence-electron chi connectivity index (χ2n) is 11.4. The zero-order valence-electron chi connectivity index (χ0n) is 26.5. The van der Waals surface area contributed by atoms with E-state index in [1.54, 1.807) is 29.2 Å². The number of halogens is 9. The molecule has 1 aliphatic rings. The number of nitrogens with two attached hydrogens (primary N) is 2. The smallest absolute Gasteiger partial charge is 0.382 e. The van der Waals surface area contributed by atoms with Gasteiger partial charge in [-0.2, -0.15) is 50.2 Å². The van der Waals surface area contributed by atoms with Crippen molar-refractivity contribution in [3.05, 3.63) is 99.1 Å². The van der Waals surface area contributed by atoms with Crippen molar-refractivity contribution in [3.63, 3.8) is 0 Å². The minimum atomic E-state index is -5.12. The lowest BCUT2D eigenvalue weighted by Gasteiger charge is -2.34. The Bertz CT molecular complexity index is 1750. The van der Waals surface area contributed by atoms with Crippen LogP contribution in [0.15, 0.2) is 80.4 Å². The molecule has 10 nitrogen and oxygen atoms in total. The van der Waals surface area contributed by atoms with Gasteiger partial charge in [-0.25, -0.2) is 0 Å². The predicted octanol–water partition coefficient (Wildman–Crippen LogP) is 8.36. The van der Waals surface area contributed by atoms with Crippen LogP contribution >= 0.6 is 0 Å². The molecule has 4 rings (SSSR count). The molecule has 50 heavy (non-hydrogen) atoms. The molecule has 0 unspecified atom stereocenters. The molecule has 0 aliphatic carbocycles. The number of anilines is 1. The Kier molecular flexibility index (Phi) is 11.1. The minimum absolute atomic E-state index is 0.00410. The molecule has 3 aromatic carbocycles. The second-order valence-corrected chi connectivity index (χ2v) is 11.4. The first-order chi connectivity index (χ1) is 23.3. The topological polar surface area (TPSA) is 144 Å². The number of nitrogens with one attached hydrogen (secondary N) is 1. The zero-order valence-corrected chi connectivity index (χ0v) is 26.5. The molecule has 268 valence electrons. The molecule has 0 saturated heterocycles. The number of hydrogen-bond acceptors (Lipinski definition) is 5. The minimum Gasteiger partial charge on any atom is -0.382 e. The Labute approximate surface area is 279 Å². The average molecular weight is 715 g/mol. The number of rotatable bonds is 8. The van der Waals surface area contributed by atoms with E-state index in [9.17, 15) is 39.5 Å². The number of alkyl halides is 9. The van der Waals surface area contributed by atoms with Crippen molar-refractivity contribution in [1.29, 1.82) is 5.53 Å². The molecular formula is C31H31F9N10. The van der Waals surface area contributed by atoms with Gasteiger partial charge in [-0.05, 0) is 71.5 Å². The van der Waals surface area contributed by atoms with Crippen LogP contribution in [0.5, 0.6) is 0 Å². The first-order valence-corrected chi connectivity index (χ1v) is 14.8. The molecule has 1 atom stereocenters. The summed E-state index contributed by atoms with van der Waals surface area (Å²) in [5, 5.41) is 17.1. The van der Waals surface area contributed by atoms with E-state index < -0.39 is 59.3 Å². The van der Waals surface area contributed by atoms with E-state index >= 15 is 0 Å². The number of aryl methyl sites for hydroxylation is 1. The maximum Gasteiger partial charge on any atom is 0.416 e. The number of nitrogens with zero attached hydrogens (tertiary/aromatic N) is 7. The zero-order chi connectivity index (χ0) is 37.0. The van der Waals surface area contributed by atoms with E-state index in [0.29, 0.717) is 29.7 Å². The fourth-order valence-electron chi connectivity index (χ4n) is 5.72. The van der Waals surface area contributed by atoms with Crippen molar-refractivity contribution in [3.8, 4) is 0 Å². The van der Waals surface area contributed by atoms with Gasteiger partial charge in [0.1, 0.15) is 0 Å². The van der Waals surface area contributed by atoms with Gasteiger partial charge in [0.2, 0.25) is 5.96 Å². The predicted molar refractivity (Wildman–Crippen MR) is 166 cm³/mol. The Morgan fingerprint density at radius 1 is 0.860 bits per heavy atom. The molecule has 0 spiro atoms. The molecule has 5 N–H and O–H groups in total. The largest absolute Gasteiger partial charge is 0.416 e. The first-order valence-electron chi connectivity index (χ1n) is 14.8. The number of guanidine groups is 1. The van der Waals surface area contributed by atoms with Gasteiger partial charge in [0, 0.05) is 30.9 Å². The highest BCUT2D eigenvalue weighted by Gasteiger charge is 2.39. The van der Waals surface area contributed by atoms with E-state index in [1.165, 1.54) is 24.9 Å². The Morgan fingerprint density at radius 3 is 2.02 bits per heavy atom. The maximum absolute atomic E-state index is 14.2. The lowest BCUT2D eigenvalue weighted by molar-refractivity contribution is -0.143. The van der Waals surface area contributed by atoms with Gasteiger partial charge in [-0.3, -0.25) is 0 Å². The fourth-order valence-corrected chi connectivity index (χ4v) is 5.72. The Hall–Kier alpha value is -5.23. The highest BCUT2D eigenvalue weighted by Crippen LogP contribution is 2.44. The van der Waals surface area contributed by atoms with Gasteiger partial charge in [-0.1, -0.05) is 40.7 Å². The maximum atomic E-state index is 14.2. The standard InChI is InChI=1S/C31H31F9N10/c1-17-10-23-25(50(28(42)46-48-44-2)16-19-11-21(29(32,33)34)13-22(12-19)30(35,36)37)4-3-9-49(26(23)14-24(17)31(38,39)40)15-18-5-7-20(8-6-18)27(41)45-47-43/h5-8,10-14,25H,3-4,9,15-16H2,1-2H3,(H3,41,43,45)(H2,42,44,46)/t25-/m0/s1. The van der Waals surface area contributed by atoms with Gasteiger partial charge in [0.05, 0.1) is 29.8 Å². The van der Waals surface area contributed by atoms with Crippen molar-refractivity contribution >= 4 is 17.5 Å². The fraction of sp³-hybridized carbons (Fsp3) is 0.355. The number of amidine groups is 1. The van der Waals surface area contributed by atoms with E-state index in [4.69, 9.17) is 17.0 Å². The number of benzene rings is 3. The lowest BCUT2D eigenvalue weighted by Crippen LogP contribution is -2.40. The van der Waals surface area contributed by atoms with Crippen LogP contribution in [-0.4, -0.2) is 30.3 Å². The lowest BCUT2D eigenvalue weighted by atomic mass is 9.94. The molecule has 0 fully saturated rings. The third kappa shape index (κ3) is 8.86. The second kappa shape index (κ2) is 14.7. The van der Waals surface area contributed by atoms with Gasteiger partial charge < -0.3 is 21.3 Å². The van der Waals surface area contributed by atoms with Crippen LogP contribution in [0.3, 0.4) is 0 Å². The van der Waals surface area contributed by atoms with Gasteiger partial charge in [0.15, 0.2) is 5.84 Å². The molecule has 19 heteroatoms. The normalized spacial score (nSPS) is 16.4. The highest BCUT2D eigenvalue weighted by atomic mass is 19.4. The molecule has 0 saturated carbocycles. The van der Waals surface area contributed by atoms with Crippen LogP contribution < -0.4 is 16.4 Å². The van der Waals surface area contributed by atoms with Crippen LogP contribution in [0, 0.1) is 12.5 Å². The van der Waals surface area contributed by atoms with Crippen LogP contribution in [-0.2, 0) is 31.6 Å². The summed E-state index contributed by atoms with van der Waals surface area (Å²) in [6, 6.07) is 8.93. The monoisotopic (exact) mass is 714 g/mol. The molecule has 1 heterocycles. The molecule has 0 radical (unpaired) electrons. The summed E-state index contributed by atoms with van der Waals surface area (Å²) in [5.74, 6) is -0.456. The average Bonchev–Trinajstić information content (AvgIpc) is 3.19. The van der Waals surface area contributed by atoms with Crippen LogP contribution in [0.2, 0.25) is 0 Å². The SMILES string of the molecule is CN=NN=C(N)N(Cc1cc(C(F)(F)F)cc(C(F)(F)F)c1)[C@H]1CCCN(Cc2ccc(C(N)=NN=N)cc2)c2cc(C(F)(F)F)c(C)cc21. The van der Waals surface area contributed by atoms with Crippen molar-refractivity contribution in [2.75, 3.05) is 18.5 Å². The van der Waals surface area contributed by atoms with E-state index in [1.807, 2.05) is 0 Å². The molecular weight excluding hydrogens is 683 g/mol. The van der Waals surface area contributed by atoms with E-state index in [2.05, 4.69) is 25.8 Å². The Balaban J connectivity index is 1.87. The van der Waals surface area contributed by atoms with E-state index in [-0.39, 0.29) is 48.2 Å². The van der Waals surface area contributed by atoms with Crippen molar-refractivity contribution in [2.45, 2.75) is 57.4 Å². The van der Waals surface area contributed by atoms with Crippen LogP contribution in [0.25, 0.3) is 0 Å². The third-order valence-corrected chi connectivity index (χ3v) is 7.97. The summed E-state index contributed by atoms with van der Waals surface area (Å²) < 4.78 is 125. The summed E-state index contributed by atoms with van der Waals surface area (Å²) in [7, 11) is 1.25. The first kappa shape index (κ1) is 37.6. The Morgan fingerprint density at radius 2 is 1.48 bits per heavy atom. The third-order valence-electron chi connectivity index (χ3n) is 7.97. The summed E-state index contributed by atoms with van der Waals surface area (Å²) >= 11 is 0. The number of fused-ring (bicyclic) bond motifs is 1. The molecule has 0 aromatic heterocycles. The molecule has 0 bridgehead atoms. The highest BCUT2D eigenvalue weighted by molar-refractivity contribution is 5.97. The van der Waals surface area contributed by atoms with Crippen LogP contribution in [0.4, 0.5) is 45.2 Å². The van der Waals surface area contributed by atoms with Crippen molar-refractivity contribution in [2.24, 2.45) is 37.2 Å². The molecule has 0 amide bonds. The summed E-state index contributed by atoms with van der Waals surface area (Å²) in [5.41, 5.74) is 15.8. The summed E-state index contributed by atoms with van der Waals surface area (Å²) in [6.45, 7) is 0.935. The van der Waals surface area contributed by atoms with Gasteiger partial charge in [-0.15, -0.1) is 5.10 Å². The van der Waals surface area contributed by atoms with Crippen molar-refractivity contribution in [1.82, 2.24) is 4.90 Å². The van der Waals surface area contributed by atoms with Gasteiger partial charge in [0.25, 0.3) is 0 Å². The van der Waals surface area contributed by atoms with E-state index in [0.717, 1.165) is 6.07 Å². The molecule has 3 aromatic rings. The quantitative estimate of drug-likeness (QED) is 0.0708. The number of hydrogen-bond donors (Lipinski definition) is 3. The summed E-state index contributed by atoms with van der Waals surface area (Å²) in [4.78, 5) is 2.91. The summed E-state index contributed by atoms with van der Waals surface area (Å²) in [6.07, 6.45) is -14.5. The molecule has 1 aliphatic heterocycles.